The van der Waals surface area contributed by atoms with Crippen molar-refractivity contribution in [2.24, 2.45) is 0 Å². The maximum atomic E-state index is 13.5. The van der Waals surface area contributed by atoms with Crippen LogP contribution in [0.2, 0.25) is 10.0 Å². The van der Waals surface area contributed by atoms with Gasteiger partial charge in [0.25, 0.3) is 5.91 Å². The van der Waals surface area contributed by atoms with Crippen molar-refractivity contribution >= 4 is 35.0 Å². The lowest BCUT2D eigenvalue weighted by molar-refractivity contribution is -0.143. The van der Waals surface area contributed by atoms with Gasteiger partial charge in [-0.2, -0.15) is 0 Å². The van der Waals surface area contributed by atoms with E-state index in [1.807, 2.05) is 56.3 Å². The van der Waals surface area contributed by atoms with E-state index < -0.39 is 6.04 Å². The smallest absolute Gasteiger partial charge is 0.261 e. The Morgan fingerprint density at radius 3 is 2.09 bits per heavy atom. The van der Waals surface area contributed by atoms with Gasteiger partial charge in [-0.3, -0.25) is 9.59 Å². The minimum atomic E-state index is -0.719. The zero-order valence-corrected chi connectivity index (χ0v) is 21.4. The van der Waals surface area contributed by atoms with Crippen molar-refractivity contribution in [2.45, 2.75) is 45.3 Å². The van der Waals surface area contributed by atoms with E-state index in [9.17, 15) is 9.59 Å². The summed E-state index contributed by atoms with van der Waals surface area (Å²) >= 11 is 12.0. The van der Waals surface area contributed by atoms with E-state index in [-0.39, 0.29) is 31.0 Å². The summed E-state index contributed by atoms with van der Waals surface area (Å²) in [6.07, 6.45) is 1.16. The Morgan fingerprint density at radius 1 is 0.886 bits per heavy atom. The minimum Gasteiger partial charge on any atom is -0.484 e. The zero-order chi connectivity index (χ0) is 25.2. The number of benzene rings is 3. The number of nitrogens with one attached hydrogen (secondary N) is 1. The van der Waals surface area contributed by atoms with Crippen LogP contribution in [-0.4, -0.2) is 35.4 Å². The van der Waals surface area contributed by atoms with Gasteiger partial charge >= 0.3 is 0 Å². The average Bonchev–Trinajstić information content (AvgIpc) is 2.87. The van der Waals surface area contributed by atoms with Crippen LogP contribution in [-0.2, 0) is 22.6 Å². The summed E-state index contributed by atoms with van der Waals surface area (Å²) in [6.45, 7) is 3.99. The Bertz CT molecular complexity index is 1090. The van der Waals surface area contributed by atoms with Gasteiger partial charge in [-0.15, -0.1) is 0 Å². The quantitative estimate of drug-likeness (QED) is 0.346. The molecule has 7 heteroatoms. The Hall–Kier alpha value is -3.02. The summed E-state index contributed by atoms with van der Waals surface area (Å²) in [6, 6.07) is 23.0. The van der Waals surface area contributed by atoms with Crippen molar-refractivity contribution in [3.05, 3.63) is 100 Å². The lowest BCUT2D eigenvalue weighted by atomic mass is 10.0. The van der Waals surface area contributed by atoms with Crippen LogP contribution in [0.4, 0.5) is 0 Å². The molecule has 0 unspecified atom stereocenters. The van der Waals surface area contributed by atoms with Crippen LogP contribution in [0.3, 0.4) is 0 Å². The molecule has 0 saturated heterocycles. The third-order valence-electron chi connectivity index (χ3n) is 5.71. The fourth-order valence-electron chi connectivity index (χ4n) is 3.54. The number of nitrogens with zero attached hydrogens (tertiary/aromatic N) is 1. The molecule has 184 valence electrons. The summed E-state index contributed by atoms with van der Waals surface area (Å²) < 4.78 is 5.74. The molecule has 2 amide bonds. The van der Waals surface area contributed by atoms with Crippen molar-refractivity contribution in [3.63, 3.8) is 0 Å². The van der Waals surface area contributed by atoms with E-state index in [0.717, 1.165) is 17.5 Å². The van der Waals surface area contributed by atoms with Gasteiger partial charge in [-0.25, -0.2) is 0 Å². The lowest BCUT2D eigenvalue weighted by Crippen LogP contribution is -2.53. The highest BCUT2D eigenvalue weighted by molar-refractivity contribution is 6.30. The second kappa shape index (κ2) is 13.2. The molecule has 2 atom stereocenters. The van der Waals surface area contributed by atoms with E-state index in [1.54, 1.807) is 41.3 Å². The number of amides is 2. The van der Waals surface area contributed by atoms with Gasteiger partial charge in [-0.05, 0) is 60.9 Å². The first kappa shape index (κ1) is 26.6. The number of hydrogen-bond donors (Lipinski definition) is 1. The number of ether oxygens (including phenoxy) is 1. The fourth-order valence-corrected chi connectivity index (χ4v) is 3.79. The maximum Gasteiger partial charge on any atom is 0.261 e. The first-order chi connectivity index (χ1) is 16.9. The molecule has 0 heterocycles. The molecule has 0 radical (unpaired) electrons. The third kappa shape index (κ3) is 8.30. The van der Waals surface area contributed by atoms with Crippen molar-refractivity contribution in [1.29, 1.82) is 0 Å². The largest absolute Gasteiger partial charge is 0.484 e. The molecule has 35 heavy (non-hydrogen) atoms. The van der Waals surface area contributed by atoms with Crippen molar-refractivity contribution in [2.75, 3.05) is 6.61 Å². The molecule has 3 aromatic rings. The summed E-state index contributed by atoms with van der Waals surface area (Å²) in [5, 5.41) is 4.24. The van der Waals surface area contributed by atoms with Crippen LogP contribution >= 0.6 is 23.2 Å². The van der Waals surface area contributed by atoms with Crippen LogP contribution in [0.25, 0.3) is 0 Å². The van der Waals surface area contributed by atoms with Crippen molar-refractivity contribution in [3.8, 4) is 5.75 Å². The standard InChI is InChI=1S/C28H30Cl2N2O3/c1-3-20(2)31-28(34)26(17-21-7-5-4-6-8-21)32(18-22-9-11-23(29)12-10-22)27(33)19-35-25-15-13-24(30)14-16-25/h4-16,20,26H,3,17-19H2,1-2H3,(H,31,34)/t20-,26+/m1/s1. The number of rotatable bonds is 11. The molecule has 0 bridgehead atoms. The van der Waals surface area contributed by atoms with Gasteiger partial charge in [0, 0.05) is 29.1 Å². The van der Waals surface area contributed by atoms with E-state index in [2.05, 4.69) is 5.32 Å². The van der Waals surface area contributed by atoms with Crippen LogP contribution in [0, 0.1) is 0 Å². The molecule has 0 fully saturated rings. The second-order valence-electron chi connectivity index (χ2n) is 8.41. The maximum absolute atomic E-state index is 13.5. The molecular weight excluding hydrogens is 483 g/mol. The topological polar surface area (TPSA) is 58.6 Å². The zero-order valence-electron chi connectivity index (χ0n) is 19.9. The first-order valence-corrected chi connectivity index (χ1v) is 12.4. The van der Waals surface area contributed by atoms with Gasteiger partial charge in [0.05, 0.1) is 0 Å². The van der Waals surface area contributed by atoms with Gasteiger partial charge < -0.3 is 15.0 Å². The van der Waals surface area contributed by atoms with Crippen molar-refractivity contribution < 1.29 is 14.3 Å². The first-order valence-electron chi connectivity index (χ1n) is 11.6. The molecule has 1 N–H and O–H groups in total. The lowest BCUT2D eigenvalue weighted by Gasteiger charge is -2.32. The Kier molecular flexibility index (Phi) is 10.0. The van der Waals surface area contributed by atoms with E-state index in [0.29, 0.717) is 22.2 Å². The second-order valence-corrected chi connectivity index (χ2v) is 9.29. The fraction of sp³-hybridized carbons (Fsp3) is 0.286. The predicted molar refractivity (Wildman–Crippen MR) is 141 cm³/mol. The monoisotopic (exact) mass is 512 g/mol. The predicted octanol–water partition coefficient (Wildman–Crippen LogP) is 5.93. The molecule has 3 rings (SSSR count). The summed E-state index contributed by atoms with van der Waals surface area (Å²) in [7, 11) is 0. The molecule has 3 aromatic carbocycles. The highest BCUT2D eigenvalue weighted by Gasteiger charge is 2.31. The SMILES string of the molecule is CC[C@@H](C)NC(=O)[C@H](Cc1ccccc1)N(Cc1ccc(Cl)cc1)C(=O)COc1ccc(Cl)cc1. The van der Waals surface area contributed by atoms with Crippen LogP contribution in [0.1, 0.15) is 31.4 Å². The third-order valence-corrected chi connectivity index (χ3v) is 6.22. The Labute approximate surface area is 217 Å². The number of carbonyl (C=O) groups excluding carboxylic acids is 2. The highest BCUT2D eigenvalue weighted by atomic mass is 35.5. The molecule has 0 spiro atoms. The molecule has 5 nitrogen and oxygen atoms in total. The Balaban J connectivity index is 1.89. The van der Waals surface area contributed by atoms with Crippen LogP contribution in [0.15, 0.2) is 78.9 Å². The van der Waals surface area contributed by atoms with E-state index in [4.69, 9.17) is 27.9 Å². The minimum absolute atomic E-state index is 0.0152. The van der Waals surface area contributed by atoms with Crippen LogP contribution in [0.5, 0.6) is 5.75 Å². The molecular formula is C28H30Cl2N2O3. The summed E-state index contributed by atoms with van der Waals surface area (Å²) in [5.74, 6) is 0.0324. The molecule has 0 aliphatic heterocycles. The molecule has 0 aliphatic carbocycles. The molecule has 0 aliphatic rings. The van der Waals surface area contributed by atoms with E-state index >= 15 is 0 Å². The number of hydrogen-bond acceptors (Lipinski definition) is 3. The highest BCUT2D eigenvalue weighted by Crippen LogP contribution is 2.19. The molecule has 0 aromatic heterocycles. The van der Waals surface area contributed by atoms with Crippen LogP contribution < -0.4 is 10.1 Å². The van der Waals surface area contributed by atoms with E-state index in [1.165, 1.54) is 0 Å². The normalized spacial score (nSPS) is 12.5. The summed E-state index contributed by atoms with van der Waals surface area (Å²) in [5.41, 5.74) is 1.83. The summed E-state index contributed by atoms with van der Waals surface area (Å²) in [4.78, 5) is 28.5. The van der Waals surface area contributed by atoms with Gasteiger partial charge in [-0.1, -0.05) is 72.6 Å². The molecule has 0 saturated carbocycles. The van der Waals surface area contributed by atoms with Gasteiger partial charge in [0.1, 0.15) is 11.8 Å². The average molecular weight is 513 g/mol. The number of carbonyl (C=O) groups is 2. The number of halogens is 2. The van der Waals surface area contributed by atoms with Crippen molar-refractivity contribution in [1.82, 2.24) is 10.2 Å². The van der Waals surface area contributed by atoms with Gasteiger partial charge in [0.15, 0.2) is 6.61 Å². The van der Waals surface area contributed by atoms with Gasteiger partial charge in [0.2, 0.25) is 5.91 Å². The Morgan fingerprint density at radius 2 is 1.49 bits per heavy atom.